The Kier molecular flexibility index (Phi) is 5.83. The molecule has 2 aliphatic heterocycles. The van der Waals surface area contributed by atoms with Crippen LogP contribution in [0.2, 0.25) is 0 Å². The fraction of sp³-hybridized carbons (Fsp3) is 0.389. The second-order valence-electron chi connectivity index (χ2n) is 5.61. The molecule has 1 fully saturated rings. The highest BCUT2D eigenvalue weighted by molar-refractivity contribution is 8.15. The number of carbonyl (C=O) groups is 2. The van der Waals surface area contributed by atoms with Gasteiger partial charge in [-0.1, -0.05) is 11.8 Å². The SMILES string of the molecule is COc1ccc(N(C(C)=O)C2=N[C@@H]3[C][C][C@H](COC(C)=O)O[C@@H]3S2)cc1. The molecule has 2 aliphatic rings. The van der Waals surface area contributed by atoms with Crippen molar-refractivity contribution in [1.29, 1.82) is 0 Å². The number of amides is 1. The second-order valence-corrected chi connectivity index (χ2v) is 6.68. The van der Waals surface area contributed by atoms with E-state index in [-0.39, 0.29) is 30.0 Å². The highest BCUT2D eigenvalue weighted by Crippen LogP contribution is 2.37. The maximum absolute atomic E-state index is 12.2. The molecule has 136 valence electrons. The largest absolute Gasteiger partial charge is 0.497 e. The Morgan fingerprint density at radius 3 is 2.62 bits per heavy atom. The highest BCUT2D eigenvalue weighted by Gasteiger charge is 2.40. The summed E-state index contributed by atoms with van der Waals surface area (Å²) >= 11 is 1.33. The van der Waals surface area contributed by atoms with Crippen molar-refractivity contribution in [2.75, 3.05) is 18.6 Å². The molecule has 0 unspecified atom stereocenters. The van der Waals surface area contributed by atoms with Crippen LogP contribution in [0.15, 0.2) is 29.3 Å². The average Bonchev–Trinajstić information content (AvgIpc) is 3.02. The lowest BCUT2D eigenvalue weighted by molar-refractivity contribution is -0.145. The summed E-state index contributed by atoms with van der Waals surface area (Å²) in [6, 6.07) is 6.79. The van der Waals surface area contributed by atoms with Crippen molar-refractivity contribution in [3.05, 3.63) is 37.1 Å². The number of carbonyl (C=O) groups excluding carboxylic acids is 2. The summed E-state index contributed by atoms with van der Waals surface area (Å²) in [5.74, 6) is 0.162. The van der Waals surface area contributed by atoms with E-state index in [1.165, 1.54) is 30.5 Å². The molecule has 8 heteroatoms. The molecule has 0 aromatic heterocycles. The number of benzene rings is 1. The third-order valence-electron chi connectivity index (χ3n) is 3.69. The van der Waals surface area contributed by atoms with E-state index in [2.05, 4.69) is 17.8 Å². The normalized spacial score (nSPS) is 24.4. The summed E-state index contributed by atoms with van der Waals surface area (Å²) in [5, 5.41) is 0.528. The number of aliphatic imine (C=N–C) groups is 1. The Morgan fingerprint density at radius 1 is 1.27 bits per heavy atom. The molecule has 0 spiro atoms. The standard InChI is InChI=1S/C18H18N2O5S/c1-11(21)20(13-4-6-14(23-3)7-5-13)18-19-16-9-8-15(10-24-12(2)22)25-17(16)26-18/h4-7,15-17H,10H2,1-3H3/t15-,16-,17-/m1/s1. The molecule has 0 bridgehead atoms. The van der Waals surface area contributed by atoms with Crippen molar-refractivity contribution in [3.8, 4) is 5.75 Å². The molecular formula is C18H18N2O5S. The summed E-state index contributed by atoms with van der Waals surface area (Å²) in [4.78, 5) is 29.2. The predicted molar refractivity (Wildman–Crippen MR) is 96.7 cm³/mol. The van der Waals surface area contributed by atoms with Crippen LogP contribution in [0.5, 0.6) is 5.75 Å². The number of rotatable bonds is 4. The number of thioether (sulfide) groups is 1. The summed E-state index contributed by atoms with van der Waals surface area (Å²) in [5.41, 5.74) is 0.347. The van der Waals surface area contributed by atoms with Crippen LogP contribution in [-0.4, -0.2) is 48.3 Å². The maximum Gasteiger partial charge on any atom is 0.302 e. The molecule has 1 aromatic carbocycles. The van der Waals surface area contributed by atoms with E-state index >= 15 is 0 Å². The molecule has 0 aliphatic carbocycles. The molecule has 1 amide bonds. The summed E-state index contributed by atoms with van der Waals surface area (Å²) in [7, 11) is 1.58. The van der Waals surface area contributed by atoms with Crippen LogP contribution in [0.25, 0.3) is 0 Å². The first-order chi connectivity index (χ1) is 12.5. The first kappa shape index (κ1) is 18.7. The van der Waals surface area contributed by atoms with E-state index in [9.17, 15) is 9.59 Å². The lowest BCUT2D eigenvalue weighted by Gasteiger charge is -2.29. The highest BCUT2D eigenvalue weighted by atomic mass is 32.2. The van der Waals surface area contributed by atoms with Crippen LogP contribution in [0, 0.1) is 12.8 Å². The molecule has 1 aromatic rings. The van der Waals surface area contributed by atoms with E-state index in [1.54, 1.807) is 31.4 Å². The third-order valence-corrected chi connectivity index (χ3v) is 4.79. The predicted octanol–water partition coefficient (Wildman–Crippen LogP) is 1.97. The van der Waals surface area contributed by atoms with Gasteiger partial charge in [-0.15, -0.1) is 0 Å². The topological polar surface area (TPSA) is 77.4 Å². The van der Waals surface area contributed by atoms with Crippen LogP contribution in [0.4, 0.5) is 5.69 Å². The van der Waals surface area contributed by atoms with Gasteiger partial charge < -0.3 is 14.2 Å². The summed E-state index contributed by atoms with van der Waals surface area (Å²) in [6.45, 7) is 2.89. The smallest absolute Gasteiger partial charge is 0.302 e. The molecule has 0 saturated carbocycles. The number of methoxy groups -OCH3 is 1. The minimum absolute atomic E-state index is 0.0797. The minimum Gasteiger partial charge on any atom is -0.497 e. The molecule has 1 saturated heterocycles. The Labute approximate surface area is 156 Å². The van der Waals surface area contributed by atoms with E-state index in [0.717, 1.165) is 0 Å². The van der Waals surface area contributed by atoms with Crippen LogP contribution < -0.4 is 9.64 Å². The Bertz CT molecular complexity index is 706. The summed E-state index contributed by atoms with van der Waals surface area (Å²) in [6.07, 6.45) is 5.42. The zero-order valence-corrected chi connectivity index (χ0v) is 15.4. The Hall–Kier alpha value is -2.06. The van der Waals surface area contributed by atoms with Gasteiger partial charge in [0.1, 0.15) is 23.9 Å². The lowest BCUT2D eigenvalue weighted by Crippen LogP contribution is -2.37. The van der Waals surface area contributed by atoms with Crippen LogP contribution >= 0.6 is 11.8 Å². The molecule has 3 rings (SSSR count). The number of nitrogens with zero attached hydrogens (tertiary/aromatic N) is 2. The molecule has 3 atom stereocenters. The number of esters is 1. The van der Waals surface area contributed by atoms with Gasteiger partial charge in [0, 0.05) is 26.7 Å². The van der Waals surface area contributed by atoms with Gasteiger partial charge >= 0.3 is 5.97 Å². The Balaban J connectivity index is 1.70. The van der Waals surface area contributed by atoms with Crippen molar-refractivity contribution in [3.63, 3.8) is 0 Å². The number of amidine groups is 1. The van der Waals surface area contributed by atoms with Crippen molar-refractivity contribution in [2.24, 2.45) is 4.99 Å². The van der Waals surface area contributed by atoms with Crippen molar-refractivity contribution in [2.45, 2.75) is 31.4 Å². The fourth-order valence-corrected chi connectivity index (χ4v) is 3.67. The van der Waals surface area contributed by atoms with E-state index in [0.29, 0.717) is 16.6 Å². The molecule has 4 radical (unpaired) electrons. The lowest BCUT2D eigenvalue weighted by atomic mass is 10.1. The van der Waals surface area contributed by atoms with Crippen LogP contribution in [0.3, 0.4) is 0 Å². The second kappa shape index (κ2) is 8.09. The summed E-state index contributed by atoms with van der Waals surface area (Å²) < 4.78 is 15.9. The molecule has 2 heterocycles. The third kappa shape index (κ3) is 4.19. The molecule has 26 heavy (non-hydrogen) atoms. The van der Waals surface area contributed by atoms with Crippen molar-refractivity contribution >= 4 is 34.5 Å². The quantitative estimate of drug-likeness (QED) is 0.750. The van der Waals surface area contributed by atoms with Gasteiger partial charge in [-0.05, 0) is 24.3 Å². The van der Waals surface area contributed by atoms with Crippen molar-refractivity contribution in [1.82, 2.24) is 0 Å². The number of hydrogen-bond donors (Lipinski definition) is 0. The van der Waals surface area contributed by atoms with E-state index in [1.807, 2.05) is 0 Å². The van der Waals surface area contributed by atoms with Gasteiger partial charge in [0.05, 0.1) is 18.8 Å². The van der Waals surface area contributed by atoms with Crippen LogP contribution in [-0.2, 0) is 19.1 Å². The van der Waals surface area contributed by atoms with Gasteiger partial charge in [0.15, 0.2) is 5.17 Å². The number of hydrogen-bond acceptors (Lipinski definition) is 7. The zero-order chi connectivity index (χ0) is 18.7. The minimum atomic E-state index is -0.492. The Morgan fingerprint density at radius 2 is 2.00 bits per heavy atom. The van der Waals surface area contributed by atoms with Gasteiger partial charge in [-0.2, -0.15) is 0 Å². The van der Waals surface area contributed by atoms with Crippen LogP contribution in [0.1, 0.15) is 13.8 Å². The van der Waals surface area contributed by atoms with Gasteiger partial charge in [0.25, 0.3) is 0 Å². The number of ether oxygens (including phenoxy) is 3. The maximum atomic E-state index is 12.2. The molecule has 0 N–H and O–H groups in total. The van der Waals surface area contributed by atoms with Gasteiger partial charge in [-0.3, -0.25) is 19.5 Å². The first-order valence-electron chi connectivity index (χ1n) is 7.97. The molecule has 7 nitrogen and oxygen atoms in total. The van der Waals surface area contributed by atoms with E-state index in [4.69, 9.17) is 14.2 Å². The monoisotopic (exact) mass is 374 g/mol. The number of fused-ring (bicyclic) bond motifs is 1. The number of anilines is 1. The fourth-order valence-electron chi connectivity index (χ4n) is 2.50. The molecular weight excluding hydrogens is 356 g/mol. The zero-order valence-electron chi connectivity index (χ0n) is 14.6. The first-order valence-corrected chi connectivity index (χ1v) is 8.85. The van der Waals surface area contributed by atoms with Gasteiger partial charge in [0.2, 0.25) is 5.91 Å². The average molecular weight is 374 g/mol. The van der Waals surface area contributed by atoms with E-state index < -0.39 is 6.10 Å². The van der Waals surface area contributed by atoms with Gasteiger partial charge in [-0.25, -0.2) is 0 Å². The van der Waals surface area contributed by atoms with Crippen molar-refractivity contribution < 1.29 is 23.8 Å².